The molecule has 78 valence electrons. The second kappa shape index (κ2) is 5.15. The van der Waals surface area contributed by atoms with Crippen LogP contribution in [-0.2, 0) is 9.09 Å². The second-order valence-corrected chi connectivity index (χ2v) is 4.02. The van der Waals surface area contributed by atoms with E-state index in [1.165, 1.54) is 0 Å². The van der Waals surface area contributed by atoms with Crippen LogP contribution in [-0.4, -0.2) is 6.61 Å². The molecule has 1 rings (SSSR count). The summed E-state index contributed by atoms with van der Waals surface area (Å²) in [6.45, 7) is 1.97. The first-order chi connectivity index (χ1) is 6.64. The molecule has 0 bridgehead atoms. The van der Waals surface area contributed by atoms with Crippen LogP contribution in [0.4, 0.5) is 0 Å². The molecule has 0 aromatic heterocycles. The van der Waals surface area contributed by atoms with Crippen molar-refractivity contribution >= 4 is 7.82 Å². The van der Waals surface area contributed by atoms with E-state index >= 15 is 0 Å². The fourth-order valence-electron chi connectivity index (χ4n) is 0.840. The van der Waals surface area contributed by atoms with Crippen LogP contribution in [0.2, 0.25) is 0 Å². The average Bonchev–Trinajstić information content (AvgIpc) is 2.16. The van der Waals surface area contributed by atoms with Crippen molar-refractivity contribution in [3.63, 3.8) is 0 Å². The lowest BCUT2D eigenvalue weighted by Crippen LogP contribution is -2.10. The van der Waals surface area contributed by atoms with Crippen LogP contribution in [0.1, 0.15) is 13.3 Å². The molecule has 1 aromatic carbocycles. The van der Waals surface area contributed by atoms with Crippen molar-refractivity contribution in [1.82, 2.24) is 0 Å². The fraction of sp³-hybridized carbons (Fsp3) is 0.333. The summed E-state index contributed by atoms with van der Waals surface area (Å²) in [5, 5.41) is 0. The summed E-state index contributed by atoms with van der Waals surface area (Å²) in [6.07, 6.45) is 0.629. The van der Waals surface area contributed by atoms with E-state index in [-0.39, 0.29) is 12.4 Å². The summed E-state index contributed by atoms with van der Waals surface area (Å²) in [7, 11) is -4.18. The van der Waals surface area contributed by atoms with Gasteiger partial charge >= 0.3 is 7.82 Å². The normalized spacial score (nSPS) is 14.7. The first kappa shape index (κ1) is 11.2. The minimum atomic E-state index is -4.18. The number of hydrogen-bond donors (Lipinski definition) is 0. The zero-order chi connectivity index (χ0) is 10.4. The van der Waals surface area contributed by atoms with Crippen LogP contribution in [0.3, 0.4) is 0 Å². The molecule has 0 N–H and O–H groups in total. The smallest absolute Gasteiger partial charge is 0.319 e. The van der Waals surface area contributed by atoms with E-state index in [1.807, 2.05) is 6.92 Å². The van der Waals surface area contributed by atoms with Crippen LogP contribution >= 0.6 is 7.82 Å². The molecule has 0 saturated carbocycles. The van der Waals surface area contributed by atoms with Crippen molar-refractivity contribution in [2.24, 2.45) is 0 Å². The molecule has 5 heteroatoms. The Hall–Kier alpha value is -0.830. The van der Waals surface area contributed by atoms with E-state index in [0.717, 1.165) is 0 Å². The van der Waals surface area contributed by atoms with Crippen molar-refractivity contribution in [3.8, 4) is 5.75 Å². The first-order valence-electron chi connectivity index (χ1n) is 4.34. The van der Waals surface area contributed by atoms with Gasteiger partial charge in [0.05, 0.1) is 6.61 Å². The Morgan fingerprint density at radius 1 is 1.36 bits per heavy atom. The lowest BCUT2D eigenvalue weighted by atomic mass is 10.3. The topological polar surface area (TPSA) is 58.6 Å². The Labute approximate surface area is 83.1 Å². The number of phosphoric acid groups is 1. The molecular weight excluding hydrogens is 203 g/mol. The standard InChI is InChI=1S/C9H13O4P/c1-2-8-12-14(10,11)13-9-6-4-3-5-7-9/h3-7H,2,8H2,1H3,(H,10,11)/p-1. The van der Waals surface area contributed by atoms with E-state index in [0.29, 0.717) is 6.42 Å². The maximum absolute atomic E-state index is 11.1. The van der Waals surface area contributed by atoms with Crippen LogP contribution in [0.5, 0.6) is 5.75 Å². The molecule has 0 amide bonds. The lowest BCUT2D eigenvalue weighted by Gasteiger charge is -2.22. The van der Waals surface area contributed by atoms with E-state index in [9.17, 15) is 9.46 Å². The Balaban J connectivity index is 2.55. The Morgan fingerprint density at radius 2 is 2.00 bits per heavy atom. The third-order valence-electron chi connectivity index (χ3n) is 1.41. The number of phosphoric ester groups is 1. The Kier molecular flexibility index (Phi) is 4.14. The van der Waals surface area contributed by atoms with Crippen molar-refractivity contribution in [1.29, 1.82) is 0 Å². The molecule has 1 aromatic rings. The van der Waals surface area contributed by atoms with Gasteiger partial charge in [-0.1, -0.05) is 25.1 Å². The van der Waals surface area contributed by atoms with Crippen molar-refractivity contribution in [2.75, 3.05) is 6.61 Å². The lowest BCUT2D eigenvalue weighted by molar-refractivity contribution is -0.216. The zero-order valence-electron chi connectivity index (χ0n) is 7.88. The molecule has 0 aliphatic heterocycles. The van der Waals surface area contributed by atoms with Crippen LogP contribution in [0.15, 0.2) is 30.3 Å². The van der Waals surface area contributed by atoms with Gasteiger partial charge in [-0.2, -0.15) is 0 Å². The molecule has 0 aliphatic rings. The van der Waals surface area contributed by atoms with E-state index in [4.69, 9.17) is 0 Å². The third kappa shape index (κ3) is 3.92. The summed E-state index contributed by atoms with van der Waals surface area (Å²) in [5.41, 5.74) is 0. The molecule has 4 nitrogen and oxygen atoms in total. The van der Waals surface area contributed by atoms with Crippen molar-refractivity contribution in [3.05, 3.63) is 30.3 Å². The van der Waals surface area contributed by atoms with Gasteiger partial charge in [-0.3, -0.25) is 4.57 Å². The summed E-state index contributed by atoms with van der Waals surface area (Å²) in [5.74, 6) is 0.266. The van der Waals surface area contributed by atoms with Gasteiger partial charge in [0.15, 0.2) is 0 Å². The third-order valence-corrected chi connectivity index (χ3v) is 2.35. The summed E-state index contributed by atoms with van der Waals surface area (Å²) < 4.78 is 20.4. The maximum atomic E-state index is 11.1. The molecular formula is C9H12O4P-. The van der Waals surface area contributed by atoms with Gasteiger partial charge in [0, 0.05) is 0 Å². The summed E-state index contributed by atoms with van der Waals surface area (Å²) >= 11 is 0. The highest BCUT2D eigenvalue weighted by molar-refractivity contribution is 7.46. The maximum Gasteiger partial charge on any atom is 0.319 e. The molecule has 1 unspecified atom stereocenters. The molecule has 0 aliphatic carbocycles. The minimum Gasteiger partial charge on any atom is -0.746 e. The van der Waals surface area contributed by atoms with Gasteiger partial charge in [-0.05, 0) is 18.6 Å². The second-order valence-electron chi connectivity index (χ2n) is 2.68. The monoisotopic (exact) mass is 215 g/mol. The SMILES string of the molecule is CCCOP(=O)([O-])Oc1ccccc1. The first-order valence-corrected chi connectivity index (χ1v) is 5.80. The quantitative estimate of drug-likeness (QED) is 0.704. The highest BCUT2D eigenvalue weighted by Gasteiger charge is 2.09. The molecule has 14 heavy (non-hydrogen) atoms. The molecule has 0 heterocycles. The largest absolute Gasteiger partial charge is 0.746 e. The van der Waals surface area contributed by atoms with E-state index in [2.05, 4.69) is 9.05 Å². The predicted octanol–water partition coefficient (Wildman–Crippen LogP) is 1.96. The Bertz CT molecular complexity index is 312. The van der Waals surface area contributed by atoms with Crippen molar-refractivity contribution in [2.45, 2.75) is 13.3 Å². The minimum absolute atomic E-state index is 0.146. The highest BCUT2D eigenvalue weighted by atomic mass is 31.2. The van der Waals surface area contributed by atoms with Gasteiger partial charge < -0.3 is 13.9 Å². The number of para-hydroxylation sites is 1. The van der Waals surface area contributed by atoms with Gasteiger partial charge in [0.25, 0.3) is 0 Å². The summed E-state index contributed by atoms with van der Waals surface area (Å²) in [6, 6.07) is 8.26. The number of rotatable bonds is 5. The zero-order valence-corrected chi connectivity index (χ0v) is 8.78. The number of benzene rings is 1. The molecule has 0 saturated heterocycles. The van der Waals surface area contributed by atoms with Crippen LogP contribution in [0.25, 0.3) is 0 Å². The molecule has 1 atom stereocenters. The van der Waals surface area contributed by atoms with Gasteiger partial charge in [0.1, 0.15) is 5.75 Å². The van der Waals surface area contributed by atoms with E-state index in [1.54, 1.807) is 30.3 Å². The molecule has 0 radical (unpaired) electrons. The summed E-state index contributed by atoms with van der Waals surface area (Å²) in [4.78, 5) is 11.1. The van der Waals surface area contributed by atoms with Crippen molar-refractivity contribution < 1.29 is 18.5 Å². The average molecular weight is 215 g/mol. The van der Waals surface area contributed by atoms with Crippen LogP contribution in [0, 0.1) is 0 Å². The predicted molar refractivity (Wildman–Crippen MR) is 50.9 cm³/mol. The highest BCUT2D eigenvalue weighted by Crippen LogP contribution is 2.39. The fourth-order valence-corrected chi connectivity index (χ4v) is 1.68. The number of hydrogen-bond acceptors (Lipinski definition) is 4. The van der Waals surface area contributed by atoms with Gasteiger partial charge in [-0.25, -0.2) is 0 Å². The van der Waals surface area contributed by atoms with Gasteiger partial charge in [0.2, 0.25) is 0 Å². The van der Waals surface area contributed by atoms with Gasteiger partial charge in [-0.15, -0.1) is 0 Å². The molecule has 0 fully saturated rings. The Morgan fingerprint density at radius 3 is 2.57 bits per heavy atom. The molecule has 0 spiro atoms. The van der Waals surface area contributed by atoms with E-state index < -0.39 is 7.82 Å². The van der Waals surface area contributed by atoms with Crippen LogP contribution < -0.4 is 9.42 Å².